The van der Waals surface area contributed by atoms with Gasteiger partial charge in [-0.15, -0.1) is 0 Å². The SMILES string of the molecule is CC1(C)SCCC1C1CNCCO1. The minimum absolute atomic E-state index is 0.420. The molecule has 2 saturated heterocycles. The summed E-state index contributed by atoms with van der Waals surface area (Å²) >= 11 is 2.09. The summed E-state index contributed by atoms with van der Waals surface area (Å²) in [7, 11) is 0. The van der Waals surface area contributed by atoms with Gasteiger partial charge < -0.3 is 10.1 Å². The maximum Gasteiger partial charge on any atom is 0.0741 e. The van der Waals surface area contributed by atoms with E-state index < -0.39 is 0 Å². The van der Waals surface area contributed by atoms with E-state index in [1.807, 2.05) is 0 Å². The third-order valence-corrected chi connectivity index (χ3v) is 4.69. The van der Waals surface area contributed by atoms with Gasteiger partial charge in [-0.1, -0.05) is 13.8 Å². The van der Waals surface area contributed by atoms with E-state index in [4.69, 9.17) is 4.74 Å². The lowest BCUT2D eigenvalue weighted by molar-refractivity contribution is -0.0155. The zero-order valence-corrected chi connectivity index (χ0v) is 9.32. The van der Waals surface area contributed by atoms with Crippen LogP contribution in [0, 0.1) is 5.92 Å². The van der Waals surface area contributed by atoms with Crippen molar-refractivity contribution in [3.05, 3.63) is 0 Å². The van der Waals surface area contributed by atoms with Crippen molar-refractivity contribution in [2.75, 3.05) is 25.4 Å². The molecule has 2 aliphatic heterocycles. The monoisotopic (exact) mass is 201 g/mol. The lowest BCUT2D eigenvalue weighted by atomic mass is 9.87. The second kappa shape index (κ2) is 3.79. The van der Waals surface area contributed by atoms with Crippen LogP contribution in [0.1, 0.15) is 20.3 Å². The van der Waals surface area contributed by atoms with Crippen molar-refractivity contribution in [1.29, 1.82) is 0 Å². The van der Waals surface area contributed by atoms with Gasteiger partial charge in [0.05, 0.1) is 12.7 Å². The highest BCUT2D eigenvalue weighted by Gasteiger charge is 2.41. The Hall–Kier alpha value is 0.270. The van der Waals surface area contributed by atoms with Crippen LogP contribution in [0.5, 0.6) is 0 Å². The van der Waals surface area contributed by atoms with Crippen LogP contribution in [0.25, 0.3) is 0 Å². The first kappa shape index (κ1) is 9.81. The lowest BCUT2D eigenvalue weighted by Gasteiger charge is -2.35. The van der Waals surface area contributed by atoms with E-state index in [-0.39, 0.29) is 0 Å². The van der Waals surface area contributed by atoms with Crippen LogP contribution in [-0.4, -0.2) is 36.3 Å². The van der Waals surface area contributed by atoms with Gasteiger partial charge in [0.25, 0.3) is 0 Å². The molecule has 2 nitrogen and oxygen atoms in total. The van der Waals surface area contributed by atoms with Gasteiger partial charge in [-0.05, 0) is 12.2 Å². The summed E-state index contributed by atoms with van der Waals surface area (Å²) in [4.78, 5) is 0. The first-order valence-electron chi connectivity index (χ1n) is 5.16. The molecule has 0 radical (unpaired) electrons. The van der Waals surface area contributed by atoms with Crippen molar-refractivity contribution in [2.45, 2.75) is 31.1 Å². The van der Waals surface area contributed by atoms with Gasteiger partial charge in [-0.2, -0.15) is 11.8 Å². The Morgan fingerprint density at radius 1 is 1.46 bits per heavy atom. The normalized spacial score (nSPS) is 39.2. The summed E-state index contributed by atoms with van der Waals surface area (Å²) in [5.41, 5.74) is 0. The van der Waals surface area contributed by atoms with Crippen molar-refractivity contribution < 1.29 is 4.74 Å². The van der Waals surface area contributed by atoms with Gasteiger partial charge >= 0.3 is 0 Å². The maximum atomic E-state index is 5.82. The van der Waals surface area contributed by atoms with Crippen LogP contribution < -0.4 is 5.32 Å². The van der Waals surface area contributed by atoms with Crippen molar-refractivity contribution in [3.63, 3.8) is 0 Å². The zero-order chi connectivity index (χ0) is 9.31. The molecule has 2 aliphatic rings. The van der Waals surface area contributed by atoms with Crippen molar-refractivity contribution in [1.82, 2.24) is 5.32 Å². The van der Waals surface area contributed by atoms with Crippen LogP contribution in [0.15, 0.2) is 0 Å². The molecule has 0 aromatic heterocycles. The predicted octanol–water partition coefficient (Wildman–Crippen LogP) is 1.51. The molecule has 0 amide bonds. The number of morpholine rings is 1. The van der Waals surface area contributed by atoms with Crippen LogP contribution in [-0.2, 0) is 4.74 Å². The van der Waals surface area contributed by atoms with Crippen molar-refractivity contribution in [2.24, 2.45) is 5.92 Å². The van der Waals surface area contributed by atoms with E-state index >= 15 is 0 Å². The van der Waals surface area contributed by atoms with Gasteiger partial charge in [-0.3, -0.25) is 0 Å². The quantitative estimate of drug-likeness (QED) is 0.695. The van der Waals surface area contributed by atoms with Gasteiger partial charge in [0.15, 0.2) is 0 Å². The second-order valence-electron chi connectivity index (χ2n) is 4.46. The second-order valence-corrected chi connectivity index (χ2v) is 6.21. The Morgan fingerprint density at radius 2 is 2.31 bits per heavy atom. The van der Waals surface area contributed by atoms with Crippen LogP contribution in [0.3, 0.4) is 0 Å². The standard InChI is InChI=1S/C10H19NOS/c1-10(2)8(3-6-13-10)9-7-11-4-5-12-9/h8-9,11H,3-7H2,1-2H3. The van der Waals surface area contributed by atoms with Gasteiger partial charge in [0.1, 0.15) is 0 Å². The molecule has 2 atom stereocenters. The highest BCUT2D eigenvalue weighted by molar-refractivity contribution is 8.00. The number of nitrogens with one attached hydrogen (secondary N) is 1. The molecule has 2 unspecified atom stereocenters. The Morgan fingerprint density at radius 3 is 2.85 bits per heavy atom. The molecule has 3 heteroatoms. The van der Waals surface area contributed by atoms with Crippen LogP contribution in [0.4, 0.5) is 0 Å². The molecule has 76 valence electrons. The number of hydrogen-bond donors (Lipinski definition) is 1. The highest BCUT2D eigenvalue weighted by Crippen LogP contribution is 2.44. The molecule has 0 spiro atoms. The van der Waals surface area contributed by atoms with E-state index in [1.54, 1.807) is 0 Å². The van der Waals surface area contributed by atoms with E-state index in [0.29, 0.717) is 10.9 Å². The topological polar surface area (TPSA) is 21.3 Å². The fourth-order valence-electron chi connectivity index (χ4n) is 2.38. The molecule has 2 heterocycles. The summed E-state index contributed by atoms with van der Waals surface area (Å²) < 4.78 is 6.24. The van der Waals surface area contributed by atoms with E-state index in [2.05, 4.69) is 30.9 Å². The van der Waals surface area contributed by atoms with Gasteiger partial charge in [0, 0.05) is 23.8 Å². The Kier molecular flexibility index (Phi) is 2.86. The summed E-state index contributed by atoms with van der Waals surface area (Å²) in [5, 5.41) is 3.42. The Bertz CT molecular complexity index is 178. The third kappa shape index (κ3) is 2.03. The maximum absolute atomic E-state index is 5.82. The summed E-state index contributed by atoms with van der Waals surface area (Å²) in [6.07, 6.45) is 1.78. The van der Waals surface area contributed by atoms with E-state index in [0.717, 1.165) is 25.6 Å². The Labute approximate surface area is 84.8 Å². The number of hydrogen-bond acceptors (Lipinski definition) is 3. The van der Waals surface area contributed by atoms with Crippen LogP contribution in [0.2, 0.25) is 0 Å². The van der Waals surface area contributed by atoms with Crippen LogP contribution >= 0.6 is 11.8 Å². The predicted molar refractivity (Wildman–Crippen MR) is 57.3 cm³/mol. The molecular formula is C10H19NOS. The third-order valence-electron chi connectivity index (χ3n) is 3.20. The minimum Gasteiger partial charge on any atom is -0.375 e. The Balaban J connectivity index is 1.98. The number of ether oxygens (including phenoxy) is 1. The molecule has 0 saturated carbocycles. The van der Waals surface area contributed by atoms with Gasteiger partial charge in [-0.25, -0.2) is 0 Å². The average molecular weight is 201 g/mol. The molecule has 0 aliphatic carbocycles. The van der Waals surface area contributed by atoms with E-state index in [9.17, 15) is 0 Å². The number of rotatable bonds is 1. The zero-order valence-electron chi connectivity index (χ0n) is 8.51. The first-order valence-corrected chi connectivity index (χ1v) is 6.15. The smallest absolute Gasteiger partial charge is 0.0741 e. The fraction of sp³-hybridized carbons (Fsp3) is 1.00. The summed E-state index contributed by atoms with van der Waals surface area (Å²) in [6, 6.07) is 0. The van der Waals surface area contributed by atoms with Crippen molar-refractivity contribution in [3.8, 4) is 0 Å². The first-order chi connectivity index (χ1) is 6.20. The minimum atomic E-state index is 0.420. The molecule has 0 aromatic rings. The van der Waals surface area contributed by atoms with Gasteiger partial charge in [0.2, 0.25) is 0 Å². The molecule has 13 heavy (non-hydrogen) atoms. The molecular weight excluding hydrogens is 182 g/mol. The summed E-state index contributed by atoms with van der Waals surface area (Å²) in [6.45, 7) is 7.67. The highest BCUT2D eigenvalue weighted by atomic mass is 32.2. The largest absolute Gasteiger partial charge is 0.375 e. The van der Waals surface area contributed by atoms with Crippen molar-refractivity contribution >= 4 is 11.8 Å². The molecule has 0 aromatic carbocycles. The summed E-state index contributed by atoms with van der Waals surface area (Å²) in [5.74, 6) is 2.04. The fourth-order valence-corrected chi connectivity index (χ4v) is 3.76. The molecule has 1 N–H and O–H groups in total. The lowest BCUT2D eigenvalue weighted by Crippen LogP contribution is -2.46. The molecule has 2 fully saturated rings. The average Bonchev–Trinajstić information content (AvgIpc) is 2.47. The molecule has 2 rings (SSSR count). The number of thioether (sulfide) groups is 1. The molecule has 0 bridgehead atoms. The van der Waals surface area contributed by atoms with E-state index in [1.165, 1.54) is 12.2 Å².